The quantitative estimate of drug-likeness (QED) is 0.166. The number of aromatic nitrogens is 3. The lowest BCUT2D eigenvalue weighted by Crippen LogP contribution is -2.00. The van der Waals surface area contributed by atoms with Crippen LogP contribution in [0.15, 0.2) is 205 Å². The Bertz CT molecular complexity index is 4230. The van der Waals surface area contributed by atoms with Crippen molar-refractivity contribution in [2.24, 2.45) is 0 Å². The summed E-state index contributed by atoms with van der Waals surface area (Å²) in [4.78, 5) is 15.6. The fourth-order valence-corrected chi connectivity index (χ4v) is 11.6. The minimum Gasteiger partial charge on any atom is -0.456 e. The van der Waals surface area contributed by atoms with Gasteiger partial charge in [0.25, 0.3) is 0 Å². The molecule has 0 amide bonds. The second-order valence-electron chi connectivity index (χ2n) is 16.6. The lowest BCUT2D eigenvalue weighted by molar-refractivity contribution is 0.669. The molecule has 5 heteroatoms. The van der Waals surface area contributed by atoms with E-state index in [9.17, 15) is 0 Å². The highest BCUT2D eigenvalue weighted by Gasteiger charge is 2.22. The molecule has 0 unspecified atom stereocenters. The van der Waals surface area contributed by atoms with Crippen LogP contribution in [-0.4, -0.2) is 15.0 Å². The molecule has 0 aliphatic heterocycles. The smallest absolute Gasteiger partial charge is 0.164 e. The van der Waals surface area contributed by atoms with E-state index in [1.54, 1.807) is 0 Å². The summed E-state index contributed by atoms with van der Waals surface area (Å²) in [6, 6.07) is 71.5. The molecule has 0 fully saturated rings. The zero-order valence-electron chi connectivity index (χ0n) is 34.2. The Kier molecular flexibility index (Phi) is 7.53. The number of hydrogen-bond acceptors (Lipinski definition) is 5. The highest BCUT2D eigenvalue weighted by Crippen LogP contribution is 2.50. The molecule has 11 aromatic carbocycles. The first-order chi connectivity index (χ1) is 31.7. The predicted octanol–water partition coefficient (Wildman–Crippen LogP) is 16.6. The van der Waals surface area contributed by atoms with Gasteiger partial charge in [-0.15, -0.1) is 11.3 Å². The molecule has 0 bridgehead atoms. The van der Waals surface area contributed by atoms with Crippen molar-refractivity contribution in [2.45, 2.75) is 0 Å². The van der Waals surface area contributed by atoms with Crippen LogP contribution in [0.25, 0.3) is 141 Å². The Morgan fingerprint density at radius 1 is 0.328 bits per heavy atom. The molecule has 3 aromatic heterocycles. The minimum atomic E-state index is 0.590. The van der Waals surface area contributed by atoms with Crippen molar-refractivity contribution in [2.75, 3.05) is 0 Å². The average molecular weight is 832 g/mol. The first-order valence-corrected chi connectivity index (χ1v) is 22.4. The average Bonchev–Trinajstić information content (AvgIpc) is 3.93. The first-order valence-electron chi connectivity index (χ1n) is 21.6. The van der Waals surface area contributed by atoms with Crippen molar-refractivity contribution >= 4 is 107 Å². The molecule has 4 nitrogen and oxygen atoms in total. The number of nitrogens with zero attached hydrogens (tertiary/aromatic N) is 3. The van der Waals surface area contributed by atoms with Gasteiger partial charge in [-0.2, -0.15) is 0 Å². The SMILES string of the molecule is c1ccc(-c2nc(-c3ccc4c(c3)oc3ccccc34)nc(-c3cccc4c(-c5c6ccccc6cc6sc7c(ccc8c9ccccc9c9ccccc9c87)c56)cccc34)n2)cc1. The summed E-state index contributed by atoms with van der Waals surface area (Å²) in [6.45, 7) is 0. The molecule has 14 aromatic rings. The van der Waals surface area contributed by atoms with E-state index in [0.29, 0.717) is 17.5 Å². The summed E-state index contributed by atoms with van der Waals surface area (Å²) in [6.07, 6.45) is 0. The highest BCUT2D eigenvalue weighted by atomic mass is 32.1. The van der Waals surface area contributed by atoms with Crippen LogP contribution in [0.2, 0.25) is 0 Å². The molecule has 0 saturated carbocycles. The van der Waals surface area contributed by atoms with Crippen molar-refractivity contribution in [1.82, 2.24) is 15.0 Å². The van der Waals surface area contributed by atoms with Crippen LogP contribution in [0.1, 0.15) is 0 Å². The van der Waals surface area contributed by atoms with Crippen molar-refractivity contribution in [3.63, 3.8) is 0 Å². The van der Waals surface area contributed by atoms with Crippen molar-refractivity contribution in [3.8, 4) is 45.3 Å². The van der Waals surface area contributed by atoms with Gasteiger partial charge in [0, 0.05) is 53.0 Å². The maximum absolute atomic E-state index is 6.33. The molecule has 0 aliphatic rings. The van der Waals surface area contributed by atoms with E-state index in [4.69, 9.17) is 19.4 Å². The van der Waals surface area contributed by atoms with Crippen LogP contribution in [0.5, 0.6) is 0 Å². The van der Waals surface area contributed by atoms with E-state index in [1.807, 2.05) is 47.7 Å². The van der Waals surface area contributed by atoms with Crippen LogP contribution >= 0.6 is 11.3 Å². The molecule has 296 valence electrons. The van der Waals surface area contributed by atoms with Crippen molar-refractivity contribution in [3.05, 3.63) is 200 Å². The molecule has 64 heavy (non-hydrogen) atoms. The Morgan fingerprint density at radius 2 is 0.875 bits per heavy atom. The number of thiophene rings is 1. The van der Waals surface area contributed by atoms with Gasteiger partial charge in [0.15, 0.2) is 17.5 Å². The van der Waals surface area contributed by atoms with E-state index >= 15 is 0 Å². The maximum atomic E-state index is 6.33. The number of para-hydroxylation sites is 1. The normalized spacial score (nSPS) is 12.1. The topological polar surface area (TPSA) is 51.8 Å². The summed E-state index contributed by atoms with van der Waals surface area (Å²) in [5, 5.41) is 17.1. The van der Waals surface area contributed by atoms with Crippen molar-refractivity contribution in [1.29, 1.82) is 0 Å². The lowest BCUT2D eigenvalue weighted by Gasteiger charge is -2.15. The van der Waals surface area contributed by atoms with E-state index in [0.717, 1.165) is 49.4 Å². The number of benzene rings is 11. The molecular weight excluding hydrogens is 799 g/mol. The molecule has 0 spiro atoms. The van der Waals surface area contributed by atoms with Gasteiger partial charge in [0.1, 0.15) is 11.2 Å². The predicted molar refractivity (Wildman–Crippen MR) is 269 cm³/mol. The highest BCUT2D eigenvalue weighted by molar-refractivity contribution is 7.27. The second kappa shape index (κ2) is 13.6. The van der Waals surface area contributed by atoms with Crippen LogP contribution < -0.4 is 0 Å². The van der Waals surface area contributed by atoms with Gasteiger partial charge in [-0.3, -0.25) is 0 Å². The molecule has 0 saturated heterocycles. The summed E-state index contributed by atoms with van der Waals surface area (Å²) in [7, 11) is 0. The van der Waals surface area contributed by atoms with Gasteiger partial charge in [-0.1, -0.05) is 176 Å². The van der Waals surface area contributed by atoms with Crippen LogP contribution in [0.3, 0.4) is 0 Å². The molecule has 0 N–H and O–H groups in total. The Morgan fingerprint density at radius 3 is 1.67 bits per heavy atom. The van der Waals surface area contributed by atoms with Gasteiger partial charge in [0.2, 0.25) is 0 Å². The minimum absolute atomic E-state index is 0.590. The molecule has 14 rings (SSSR count). The first kappa shape index (κ1) is 35.4. The molecule has 0 atom stereocenters. The molecular formula is C59H33N3OS. The summed E-state index contributed by atoms with van der Waals surface area (Å²) in [5.74, 6) is 1.82. The van der Waals surface area contributed by atoms with Crippen LogP contribution in [0, 0.1) is 0 Å². The Labute approximate surface area is 370 Å². The fraction of sp³-hybridized carbons (Fsp3) is 0. The van der Waals surface area contributed by atoms with Gasteiger partial charge in [0.05, 0.1) is 0 Å². The third-order valence-corrected chi connectivity index (χ3v) is 14.3. The summed E-state index contributed by atoms with van der Waals surface area (Å²) < 4.78 is 8.92. The summed E-state index contributed by atoms with van der Waals surface area (Å²) in [5.41, 5.74) is 6.81. The zero-order chi connectivity index (χ0) is 41.9. The molecule has 3 heterocycles. The standard InChI is InChI=1S/C59H33N3OS/c1-2-14-34(15-3-1)57-60-58(36-28-29-44-43-21-10-11-27-50(43)63-51(44)32-36)62-59(61-57)48-26-13-23-41-42(48)24-12-25-45(41)53-37-17-5-4-16-35(37)33-52-55(53)49-31-30-47-40-20-7-6-18-38(40)39-19-8-9-22-46(39)54(47)56(49)64-52/h1-33H. The van der Waals surface area contributed by atoms with Gasteiger partial charge >= 0.3 is 0 Å². The molecule has 0 aliphatic carbocycles. The third kappa shape index (κ3) is 5.19. The van der Waals surface area contributed by atoms with Gasteiger partial charge in [-0.25, -0.2) is 15.0 Å². The lowest BCUT2D eigenvalue weighted by atomic mass is 9.88. The van der Waals surface area contributed by atoms with E-state index in [-0.39, 0.29) is 0 Å². The number of fused-ring (bicyclic) bond motifs is 15. The zero-order valence-corrected chi connectivity index (χ0v) is 35.0. The van der Waals surface area contributed by atoms with E-state index in [1.165, 1.54) is 74.4 Å². The van der Waals surface area contributed by atoms with Crippen LogP contribution in [-0.2, 0) is 0 Å². The van der Waals surface area contributed by atoms with E-state index in [2.05, 4.69) is 164 Å². The second-order valence-corrected chi connectivity index (χ2v) is 17.6. The van der Waals surface area contributed by atoms with E-state index < -0.39 is 0 Å². The Hall–Kier alpha value is -8.25. The molecule has 0 radical (unpaired) electrons. The largest absolute Gasteiger partial charge is 0.456 e. The fourth-order valence-electron chi connectivity index (χ4n) is 10.3. The van der Waals surface area contributed by atoms with Gasteiger partial charge in [-0.05, 0) is 83.9 Å². The monoisotopic (exact) mass is 831 g/mol. The Balaban J connectivity index is 1.02. The maximum Gasteiger partial charge on any atom is 0.164 e. The summed E-state index contributed by atoms with van der Waals surface area (Å²) >= 11 is 1.91. The number of rotatable bonds is 4. The number of furan rings is 1. The third-order valence-electron chi connectivity index (χ3n) is 13.1. The van der Waals surface area contributed by atoms with Crippen molar-refractivity contribution < 1.29 is 4.42 Å². The van der Waals surface area contributed by atoms with Gasteiger partial charge < -0.3 is 4.42 Å². The van der Waals surface area contributed by atoms with Crippen LogP contribution in [0.4, 0.5) is 0 Å². The number of hydrogen-bond donors (Lipinski definition) is 0.